The molecule has 1 spiro atoms. The highest BCUT2D eigenvalue weighted by Crippen LogP contribution is 2.56. The van der Waals surface area contributed by atoms with Gasteiger partial charge in [-0.1, -0.05) is 19.3 Å². The highest BCUT2D eigenvalue weighted by molar-refractivity contribution is 5.83. The maximum Gasteiger partial charge on any atom is 0.262 e. The number of amides is 1. The smallest absolute Gasteiger partial charge is 0.262 e. The topological polar surface area (TPSA) is 41.1 Å². The monoisotopic (exact) mass is 258 g/mol. The Kier molecular flexibility index (Phi) is 2.84. The first-order valence-corrected chi connectivity index (χ1v) is 6.92. The van der Waals surface area contributed by atoms with Gasteiger partial charge in [0.2, 0.25) is 5.91 Å². The summed E-state index contributed by atoms with van der Waals surface area (Å²) in [7, 11) is 0. The first-order valence-electron chi connectivity index (χ1n) is 6.92. The van der Waals surface area contributed by atoms with Crippen LogP contribution >= 0.6 is 0 Å². The molecule has 2 atom stereocenters. The van der Waals surface area contributed by atoms with Crippen LogP contribution in [0.4, 0.5) is 8.78 Å². The van der Waals surface area contributed by atoms with E-state index in [1.165, 1.54) is 32.1 Å². The van der Waals surface area contributed by atoms with Gasteiger partial charge in [-0.3, -0.25) is 10.1 Å². The molecule has 102 valence electrons. The van der Waals surface area contributed by atoms with Crippen molar-refractivity contribution in [2.24, 2.45) is 5.41 Å². The molecule has 1 aliphatic heterocycles. The van der Waals surface area contributed by atoms with Crippen molar-refractivity contribution in [1.82, 2.24) is 10.6 Å². The van der Waals surface area contributed by atoms with E-state index in [-0.39, 0.29) is 24.9 Å². The number of rotatable bonds is 2. The third-order valence-corrected chi connectivity index (χ3v) is 4.78. The zero-order valence-corrected chi connectivity index (χ0v) is 10.5. The second-order valence-corrected chi connectivity index (χ2v) is 6.18. The Morgan fingerprint density at radius 3 is 2.50 bits per heavy atom. The highest BCUT2D eigenvalue weighted by Gasteiger charge is 2.55. The standard InChI is InChI=1S/C13H20F2N2O/c14-13(15)6-9(16-8-13)11(18)17-10-7-12(10)4-2-1-3-5-12/h9-10,16H,1-8H2,(H,17,18). The van der Waals surface area contributed by atoms with Gasteiger partial charge in [0.15, 0.2) is 0 Å². The molecule has 1 amide bonds. The first kappa shape index (κ1) is 12.3. The van der Waals surface area contributed by atoms with Crippen LogP contribution < -0.4 is 10.6 Å². The molecule has 3 aliphatic rings. The molecular formula is C13H20F2N2O. The van der Waals surface area contributed by atoms with Crippen LogP contribution in [0, 0.1) is 5.41 Å². The molecule has 0 aromatic rings. The van der Waals surface area contributed by atoms with Gasteiger partial charge in [-0.25, -0.2) is 8.78 Å². The quantitative estimate of drug-likeness (QED) is 0.793. The van der Waals surface area contributed by atoms with Gasteiger partial charge < -0.3 is 5.32 Å². The fraction of sp³-hybridized carbons (Fsp3) is 0.923. The van der Waals surface area contributed by atoms with E-state index >= 15 is 0 Å². The van der Waals surface area contributed by atoms with Crippen molar-refractivity contribution in [3.8, 4) is 0 Å². The Bertz CT molecular complexity index is 353. The Morgan fingerprint density at radius 1 is 1.17 bits per heavy atom. The minimum absolute atomic E-state index is 0.236. The molecule has 3 fully saturated rings. The summed E-state index contributed by atoms with van der Waals surface area (Å²) in [5.41, 5.74) is 0.315. The maximum atomic E-state index is 13.0. The van der Waals surface area contributed by atoms with Crippen LogP contribution in [0.3, 0.4) is 0 Å². The fourth-order valence-electron chi connectivity index (χ4n) is 3.53. The van der Waals surface area contributed by atoms with Gasteiger partial charge in [-0.2, -0.15) is 0 Å². The molecule has 0 aromatic carbocycles. The van der Waals surface area contributed by atoms with Crippen molar-refractivity contribution in [3.63, 3.8) is 0 Å². The van der Waals surface area contributed by atoms with E-state index < -0.39 is 12.0 Å². The number of hydrogen-bond donors (Lipinski definition) is 2. The predicted octanol–water partition coefficient (Wildman–Crippen LogP) is 1.82. The van der Waals surface area contributed by atoms with Crippen LogP contribution in [0.2, 0.25) is 0 Å². The van der Waals surface area contributed by atoms with E-state index in [1.54, 1.807) is 0 Å². The Morgan fingerprint density at radius 2 is 1.89 bits per heavy atom. The van der Waals surface area contributed by atoms with Crippen LogP contribution in [0.1, 0.15) is 44.9 Å². The van der Waals surface area contributed by atoms with Gasteiger partial charge in [-0.05, 0) is 24.7 Å². The normalized spacial score (nSPS) is 36.6. The Hall–Kier alpha value is -0.710. The summed E-state index contributed by atoms with van der Waals surface area (Å²) < 4.78 is 26.0. The van der Waals surface area contributed by atoms with Crippen molar-refractivity contribution in [3.05, 3.63) is 0 Å². The third kappa shape index (κ3) is 2.25. The number of halogens is 2. The van der Waals surface area contributed by atoms with Crippen LogP contribution in [0.25, 0.3) is 0 Å². The van der Waals surface area contributed by atoms with Gasteiger partial charge in [-0.15, -0.1) is 0 Å². The SMILES string of the molecule is O=C(NC1CC12CCCCC2)C1CC(F)(F)CN1. The minimum atomic E-state index is -2.73. The van der Waals surface area contributed by atoms with Crippen LogP contribution in [0.15, 0.2) is 0 Å². The van der Waals surface area contributed by atoms with Gasteiger partial charge in [0, 0.05) is 12.5 Å². The molecule has 2 saturated carbocycles. The summed E-state index contributed by atoms with van der Waals surface area (Å²) in [6.07, 6.45) is 6.83. The summed E-state index contributed by atoms with van der Waals surface area (Å²) >= 11 is 0. The molecule has 0 bridgehead atoms. The largest absolute Gasteiger partial charge is 0.351 e. The van der Waals surface area contributed by atoms with E-state index in [0.29, 0.717) is 5.41 Å². The average Bonchev–Trinajstić information content (AvgIpc) is 2.81. The molecule has 2 unspecified atom stereocenters. The van der Waals surface area contributed by atoms with Gasteiger partial charge in [0.25, 0.3) is 5.92 Å². The zero-order valence-electron chi connectivity index (χ0n) is 10.5. The molecule has 1 saturated heterocycles. The molecule has 1 heterocycles. The molecule has 2 N–H and O–H groups in total. The van der Waals surface area contributed by atoms with Crippen LogP contribution in [0.5, 0.6) is 0 Å². The van der Waals surface area contributed by atoms with E-state index in [1.807, 2.05) is 0 Å². The van der Waals surface area contributed by atoms with Crippen LogP contribution in [-0.4, -0.2) is 30.5 Å². The predicted molar refractivity (Wildman–Crippen MR) is 63.4 cm³/mol. The lowest BCUT2D eigenvalue weighted by Crippen LogP contribution is -2.42. The maximum absolute atomic E-state index is 13.0. The van der Waals surface area contributed by atoms with Gasteiger partial charge in [0.05, 0.1) is 12.6 Å². The number of hydrogen-bond acceptors (Lipinski definition) is 2. The van der Waals surface area contributed by atoms with Crippen molar-refractivity contribution < 1.29 is 13.6 Å². The minimum Gasteiger partial charge on any atom is -0.351 e. The molecule has 0 aromatic heterocycles. The van der Waals surface area contributed by atoms with Crippen LogP contribution in [-0.2, 0) is 4.79 Å². The molecule has 0 radical (unpaired) electrons. The Balaban J connectivity index is 1.51. The second-order valence-electron chi connectivity index (χ2n) is 6.18. The van der Waals surface area contributed by atoms with E-state index in [9.17, 15) is 13.6 Å². The molecule has 3 rings (SSSR count). The molecule has 18 heavy (non-hydrogen) atoms. The van der Waals surface area contributed by atoms with Gasteiger partial charge in [0.1, 0.15) is 0 Å². The number of nitrogens with one attached hydrogen (secondary N) is 2. The summed E-state index contributed by atoms with van der Waals surface area (Å²) in [5, 5.41) is 5.57. The van der Waals surface area contributed by atoms with Gasteiger partial charge >= 0.3 is 0 Å². The lowest BCUT2D eigenvalue weighted by molar-refractivity contribution is -0.123. The number of alkyl halides is 2. The summed E-state index contributed by atoms with van der Waals surface area (Å²) in [6.45, 7) is -0.374. The molecule has 2 aliphatic carbocycles. The van der Waals surface area contributed by atoms with Crippen molar-refractivity contribution in [2.45, 2.75) is 63.0 Å². The summed E-state index contributed by atoms with van der Waals surface area (Å²) in [5.74, 6) is -2.96. The van der Waals surface area contributed by atoms with Crippen molar-refractivity contribution in [1.29, 1.82) is 0 Å². The van der Waals surface area contributed by atoms with Crippen molar-refractivity contribution in [2.75, 3.05) is 6.54 Å². The number of carbonyl (C=O) groups is 1. The first-order chi connectivity index (χ1) is 8.51. The second kappa shape index (κ2) is 4.15. The highest BCUT2D eigenvalue weighted by atomic mass is 19.3. The number of carbonyl (C=O) groups excluding carboxylic acids is 1. The summed E-state index contributed by atoms with van der Waals surface area (Å²) in [4.78, 5) is 11.9. The van der Waals surface area contributed by atoms with E-state index in [4.69, 9.17) is 0 Å². The zero-order chi connectivity index (χ0) is 12.8. The fourth-order valence-corrected chi connectivity index (χ4v) is 3.53. The molecule has 5 heteroatoms. The molecule has 3 nitrogen and oxygen atoms in total. The van der Waals surface area contributed by atoms with Crippen molar-refractivity contribution >= 4 is 5.91 Å². The average molecular weight is 258 g/mol. The Labute approximate surface area is 106 Å². The van der Waals surface area contributed by atoms with E-state index in [2.05, 4.69) is 10.6 Å². The third-order valence-electron chi connectivity index (χ3n) is 4.78. The van der Waals surface area contributed by atoms with E-state index in [0.717, 1.165) is 6.42 Å². The summed E-state index contributed by atoms with van der Waals surface area (Å²) in [6, 6.07) is -0.470. The lowest BCUT2D eigenvalue weighted by atomic mass is 9.86. The lowest BCUT2D eigenvalue weighted by Gasteiger charge is -2.23. The molecular weight excluding hydrogens is 238 g/mol.